The molecule has 0 atom stereocenters. The van der Waals surface area contributed by atoms with E-state index in [-0.39, 0.29) is 0 Å². The molecule has 92 valence electrons. The van der Waals surface area contributed by atoms with Crippen molar-refractivity contribution in [1.29, 1.82) is 0 Å². The summed E-state index contributed by atoms with van der Waals surface area (Å²) in [7, 11) is 0. The van der Waals surface area contributed by atoms with Gasteiger partial charge < -0.3 is 5.32 Å². The maximum absolute atomic E-state index is 5.94. The Labute approximate surface area is 110 Å². The van der Waals surface area contributed by atoms with Crippen LogP contribution in [0.15, 0.2) is 5.38 Å². The molecule has 17 heavy (non-hydrogen) atoms. The lowest BCUT2D eigenvalue weighted by molar-refractivity contribution is 0.743. The average molecular weight is 270 g/mol. The first-order chi connectivity index (χ1) is 8.22. The summed E-state index contributed by atoms with van der Waals surface area (Å²) in [6, 6.07) is 0. The van der Waals surface area contributed by atoms with Crippen molar-refractivity contribution in [3.63, 3.8) is 0 Å². The van der Waals surface area contributed by atoms with Crippen molar-refractivity contribution < 1.29 is 0 Å². The highest BCUT2D eigenvalue weighted by Gasteiger charge is 2.10. The molecule has 0 fully saturated rings. The number of hydrogen-bond acceptors (Lipinski definition) is 4. The summed E-state index contributed by atoms with van der Waals surface area (Å²) in [6.07, 6.45) is 3.61. The number of fused-ring (bicyclic) bond motifs is 1. The Bertz CT molecular complexity index is 510. The molecule has 0 saturated heterocycles. The van der Waals surface area contributed by atoms with Gasteiger partial charge in [-0.25, -0.2) is 4.98 Å². The van der Waals surface area contributed by atoms with E-state index in [1.807, 2.05) is 6.92 Å². The predicted molar refractivity (Wildman–Crippen MR) is 75.2 cm³/mol. The highest BCUT2D eigenvalue weighted by atomic mass is 35.5. The molecule has 0 aliphatic rings. The Balaban J connectivity index is 2.20. The highest BCUT2D eigenvalue weighted by Crippen LogP contribution is 2.30. The van der Waals surface area contributed by atoms with Gasteiger partial charge in [0.2, 0.25) is 5.28 Å². The quantitative estimate of drug-likeness (QED) is 0.651. The van der Waals surface area contributed by atoms with Gasteiger partial charge in [-0.1, -0.05) is 19.8 Å². The van der Waals surface area contributed by atoms with Gasteiger partial charge in [-0.05, 0) is 35.9 Å². The number of hydrogen-bond donors (Lipinski definition) is 1. The molecular formula is C12H16ClN3S. The maximum Gasteiger partial charge on any atom is 0.224 e. The molecule has 2 aromatic heterocycles. The number of thiophene rings is 1. The molecule has 0 unspecified atom stereocenters. The Morgan fingerprint density at radius 2 is 2.18 bits per heavy atom. The summed E-state index contributed by atoms with van der Waals surface area (Å²) in [5, 5.41) is 5.76. The zero-order valence-corrected chi connectivity index (χ0v) is 11.7. The first kappa shape index (κ1) is 12.6. The van der Waals surface area contributed by atoms with Crippen molar-refractivity contribution in [3.8, 4) is 0 Å². The minimum atomic E-state index is 0.317. The summed E-state index contributed by atoms with van der Waals surface area (Å²) in [4.78, 5) is 8.53. The van der Waals surface area contributed by atoms with Gasteiger partial charge in [0.1, 0.15) is 5.82 Å². The second-order valence-corrected chi connectivity index (χ2v) is 5.29. The van der Waals surface area contributed by atoms with Gasteiger partial charge in [0, 0.05) is 6.54 Å². The fourth-order valence-electron chi connectivity index (χ4n) is 1.71. The number of rotatable bonds is 5. The van der Waals surface area contributed by atoms with Gasteiger partial charge in [-0.3, -0.25) is 0 Å². The molecule has 0 aliphatic carbocycles. The summed E-state index contributed by atoms with van der Waals surface area (Å²) >= 11 is 7.60. The van der Waals surface area contributed by atoms with E-state index in [9.17, 15) is 0 Å². The van der Waals surface area contributed by atoms with E-state index in [4.69, 9.17) is 11.6 Å². The van der Waals surface area contributed by atoms with E-state index in [0.717, 1.165) is 34.6 Å². The van der Waals surface area contributed by atoms with Gasteiger partial charge in [-0.15, -0.1) is 11.3 Å². The number of aryl methyl sites for hydroxylation is 1. The average Bonchev–Trinajstić information content (AvgIpc) is 2.67. The summed E-state index contributed by atoms with van der Waals surface area (Å²) in [6.45, 7) is 5.18. The van der Waals surface area contributed by atoms with Crippen molar-refractivity contribution in [2.24, 2.45) is 0 Å². The van der Waals surface area contributed by atoms with Crippen LogP contribution in [0.5, 0.6) is 0 Å². The van der Waals surface area contributed by atoms with Crippen LogP contribution in [-0.4, -0.2) is 16.5 Å². The summed E-state index contributed by atoms with van der Waals surface area (Å²) in [5.41, 5.74) is 2.12. The lowest BCUT2D eigenvalue weighted by atomic mass is 10.2. The zero-order valence-electron chi connectivity index (χ0n) is 10.1. The minimum Gasteiger partial charge on any atom is -0.369 e. The lowest BCUT2D eigenvalue weighted by Crippen LogP contribution is -2.04. The van der Waals surface area contributed by atoms with Crippen molar-refractivity contribution in [1.82, 2.24) is 9.97 Å². The third-order valence-corrected chi connectivity index (χ3v) is 3.90. The third-order valence-electron chi connectivity index (χ3n) is 2.64. The van der Waals surface area contributed by atoms with Crippen molar-refractivity contribution in [2.75, 3.05) is 11.9 Å². The van der Waals surface area contributed by atoms with Crippen LogP contribution in [0.3, 0.4) is 0 Å². The molecule has 0 amide bonds. The smallest absolute Gasteiger partial charge is 0.224 e. The first-order valence-corrected chi connectivity index (χ1v) is 7.13. The van der Waals surface area contributed by atoms with Crippen LogP contribution in [0.25, 0.3) is 10.2 Å². The van der Waals surface area contributed by atoms with Crippen LogP contribution in [0, 0.1) is 6.92 Å². The normalized spacial score (nSPS) is 11.0. The van der Waals surface area contributed by atoms with Crippen LogP contribution < -0.4 is 5.32 Å². The Morgan fingerprint density at radius 3 is 2.94 bits per heavy atom. The maximum atomic E-state index is 5.94. The molecule has 0 radical (unpaired) electrons. The van der Waals surface area contributed by atoms with Crippen LogP contribution in [0.1, 0.15) is 31.7 Å². The van der Waals surface area contributed by atoms with Gasteiger partial charge >= 0.3 is 0 Å². The lowest BCUT2D eigenvalue weighted by Gasteiger charge is -2.06. The van der Waals surface area contributed by atoms with Gasteiger partial charge in [-0.2, -0.15) is 4.98 Å². The first-order valence-electron chi connectivity index (χ1n) is 5.87. The SMILES string of the molecule is CCCCCNc1nc(Cl)nc2c(C)csc12. The number of halogens is 1. The molecule has 0 spiro atoms. The molecule has 2 heterocycles. The fraction of sp³-hybridized carbons (Fsp3) is 0.500. The van der Waals surface area contributed by atoms with Crippen molar-refractivity contribution in [3.05, 3.63) is 16.2 Å². The summed E-state index contributed by atoms with van der Waals surface area (Å²) in [5.74, 6) is 0.870. The highest BCUT2D eigenvalue weighted by molar-refractivity contribution is 7.18. The monoisotopic (exact) mass is 269 g/mol. The molecule has 0 saturated carbocycles. The van der Waals surface area contributed by atoms with Crippen LogP contribution in [-0.2, 0) is 0 Å². The van der Waals surface area contributed by atoms with Crippen LogP contribution in [0.2, 0.25) is 5.28 Å². The standard InChI is InChI=1S/C12H16ClN3S/c1-3-4-5-6-14-11-10-9(8(2)7-17-10)15-12(13)16-11/h7H,3-6H2,1-2H3,(H,14,15,16). The Kier molecular flexibility index (Phi) is 4.18. The van der Waals surface area contributed by atoms with Gasteiger partial charge in [0.05, 0.1) is 10.2 Å². The molecule has 5 heteroatoms. The molecular weight excluding hydrogens is 254 g/mol. The molecule has 0 aromatic carbocycles. The number of aromatic nitrogens is 2. The molecule has 2 aromatic rings. The van der Waals surface area contributed by atoms with E-state index >= 15 is 0 Å². The van der Waals surface area contributed by atoms with Crippen LogP contribution in [0.4, 0.5) is 5.82 Å². The number of nitrogens with one attached hydrogen (secondary N) is 1. The van der Waals surface area contributed by atoms with E-state index in [0.29, 0.717) is 5.28 Å². The molecule has 3 nitrogen and oxygen atoms in total. The van der Waals surface area contributed by atoms with Gasteiger partial charge in [0.15, 0.2) is 0 Å². The molecule has 0 bridgehead atoms. The van der Waals surface area contributed by atoms with E-state index in [1.54, 1.807) is 11.3 Å². The fourth-order valence-corrected chi connectivity index (χ4v) is 2.83. The predicted octanol–water partition coefficient (Wildman–Crippen LogP) is 4.26. The Hall–Kier alpha value is -0.870. The number of nitrogens with zero attached hydrogens (tertiary/aromatic N) is 2. The van der Waals surface area contributed by atoms with Crippen molar-refractivity contribution >= 4 is 39.0 Å². The van der Waals surface area contributed by atoms with E-state index in [2.05, 4.69) is 27.6 Å². The Morgan fingerprint density at radius 1 is 1.35 bits per heavy atom. The second kappa shape index (κ2) is 5.65. The second-order valence-electron chi connectivity index (χ2n) is 4.07. The third kappa shape index (κ3) is 2.87. The topological polar surface area (TPSA) is 37.8 Å². The number of unbranched alkanes of at least 4 members (excludes halogenated alkanes) is 2. The molecule has 0 aliphatic heterocycles. The van der Waals surface area contributed by atoms with Crippen molar-refractivity contribution in [2.45, 2.75) is 33.1 Å². The molecule has 2 rings (SSSR count). The van der Waals surface area contributed by atoms with E-state index in [1.165, 1.54) is 12.8 Å². The largest absolute Gasteiger partial charge is 0.369 e. The van der Waals surface area contributed by atoms with E-state index < -0.39 is 0 Å². The summed E-state index contributed by atoms with van der Waals surface area (Å²) < 4.78 is 1.10. The number of anilines is 1. The van der Waals surface area contributed by atoms with Crippen LogP contribution >= 0.6 is 22.9 Å². The minimum absolute atomic E-state index is 0.317. The molecule has 1 N–H and O–H groups in total. The van der Waals surface area contributed by atoms with Gasteiger partial charge in [0.25, 0.3) is 0 Å². The zero-order chi connectivity index (χ0) is 12.3.